The van der Waals surface area contributed by atoms with Crippen LogP contribution in [0.25, 0.3) is 11.0 Å². The summed E-state index contributed by atoms with van der Waals surface area (Å²) in [5.74, 6) is 1.58. The Morgan fingerprint density at radius 1 is 1.12 bits per heavy atom. The third-order valence-electron chi connectivity index (χ3n) is 2.94. The summed E-state index contributed by atoms with van der Waals surface area (Å²) >= 11 is 6.16. The van der Waals surface area contributed by atoms with Crippen LogP contribution in [-0.2, 0) is 7.05 Å². The Labute approximate surface area is 107 Å². The van der Waals surface area contributed by atoms with Crippen molar-refractivity contribution in [3.05, 3.63) is 22.7 Å². The Morgan fingerprint density at radius 3 is 2.29 bits per heavy atom. The van der Waals surface area contributed by atoms with Gasteiger partial charge >= 0.3 is 0 Å². The molecular weight excluding hydrogens is 234 g/mol. The second-order valence-electron chi connectivity index (χ2n) is 5.04. The number of aromatic nitrogens is 3. The van der Waals surface area contributed by atoms with E-state index in [1.807, 2.05) is 17.7 Å². The van der Waals surface area contributed by atoms with E-state index in [-0.39, 0.29) is 0 Å². The van der Waals surface area contributed by atoms with E-state index < -0.39 is 0 Å². The molecule has 0 fully saturated rings. The highest BCUT2D eigenvalue weighted by Gasteiger charge is 2.16. The molecule has 0 bridgehead atoms. The molecule has 0 atom stereocenters. The third-order valence-corrected chi connectivity index (χ3v) is 3.30. The Bertz CT molecular complexity index is 555. The lowest BCUT2D eigenvalue weighted by Crippen LogP contribution is -2.05. The predicted molar refractivity (Wildman–Crippen MR) is 71.7 cm³/mol. The SMILES string of the molecule is CC(C)c1nc(C(C)C)c2cc(Cl)n(C)c2n1. The molecule has 0 radical (unpaired) electrons. The molecule has 92 valence electrons. The van der Waals surface area contributed by atoms with Crippen molar-refractivity contribution in [1.29, 1.82) is 0 Å². The van der Waals surface area contributed by atoms with Crippen LogP contribution in [-0.4, -0.2) is 14.5 Å². The number of rotatable bonds is 2. The van der Waals surface area contributed by atoms with E-state index in [0.29, 0.717) is 17.0 Å². The van der Waals surface area contributed by atoms with Gasteiger partial charge in [0.05, 0.1) is 5.69 Å². The Hall–Kier alpha value is -1.09. The fourth-order valence-electron chi connectivity index (χ4n) is 1.90. The molecule has 0 aliphatic heterocycles. The van der Waals surface area contributed by atoms with Gasteiger partial charge in [0.1, 0.15) is 16.6 Å². The van der Waals surface area contributed by atoms with Crippen LogP contribution in [0, 0.1) is 0 Å². The van der Waals surface area contributed by atoms with Crippen LogP contribution in [0.3, 0.4) is 0 Å². The van der Waals surface area contributed by atoms with Crippen molar-refractivity contribution < 1.29 is 0 Å². The number of aryl methyl sites for hydroxylation is 1. The summed E-state index contributed by atoms with van der Waals surface area (Å²) in [6.45, 7) is 8.51. The van der Waals surface area contributed by atoms with Gasteiger partial charge in [-0.2, -0.15) is 0 Å². The molecule has 0 aliphatic carbocycles. The lowest BCUT2D eigenvalue weighted by Gasteiger charge is -2.11. The summed E-state index contributed by atoms with van der Waals surface area (Å²) in [6.07, 6.45) is 0. The van der Waals surface area contributed by atoms with Crippen LogP contribution in [0.1, 0.15) is 51.0 Å². The van der Waals surface area contributed by atoms with Crippen LogP contribution >= 0.6 is 11.6 Å². The number of hydrogen-bond acceptors (Lipinski definition) is 2. The van der Waals surface area contributed by atoms with E-state index in [1.165, 1.54) is 0 Å². The standard InChI is InChI=1S/C13H18ClN3/c1-7(2)11-9-6-10(14)17(5)13(9)16-12(15-11)8(3)4/h6-8H,1-5H3. The molecule has 2 heterocycles. The van der Waals surface area contributed by atoms with Gasteiger partial charge in [0.15, 0.2) is 0 Å². The minimum atomic E-state index is 0.325. The Morgan fingerprint density at radius 2 is 1.76 bits per heavy atom. The van der Waals surface area contributed by atoms with Crippen molar-refractivity contribution in [3.63, 3.8) is 0 Å². The van der Waals surface area contributed by atoms with Crippen molar-refractivity contribution in [2.24, 2.45) is 7.05 Å². The van der Waals surface area contributed by atoms with E-state index in [0.717, 1.165) is 22.6 Å². The van der Waals surface area contributed by atoms with Crippen LogP contribution in [0.15, 0.2) is 6.07 Å². The molecule has 0 aliphatic rings. The first-order valence-electron chi connectivity index (χ1n) is 5.94. The molecule has 0 amide bonds. The molecular formula is C13H18ClN3. The molecule has 3 nitrogen and oxygen atoms in total. The van der Waals surface area contributed by atoms with Gasteiger partial charge in [0, 0.05) is 18.4 Å². The zero-order chi connectivity index (χ0) is 12.7. The number of hydrogen-bond donors (Lipinski definition) is 0. The van der Waals surface area contributed by atoms with E-state index in [4.69, 9.17) is 11.6 Å². The summed E-state index contributed by atoms with van der Waals surface area (Å²) in [5.41, 5.74) is 2.01. The summed E-state index contributed by atoms with van der Waals surface area (Å²) in [4.78, 5) is 9.28. The van der Waals surface area contributed by atoms with E-state index >= 15 is 0 Å². The maximum Gasteiger partial charge on any atom is 0.144 e. The molecule has 2 aromatic heterocycles. The first-order chi connectivity index (χ1) is 7.91. The summed E-state index contributed by atoms with van der Waals surface area (Å²) in [5, 5.41) is 1.77. The Balaban J connectivity index is 2.81. The molecule has 0 aromatic carbocycles. The highest BCUT2D eigenvalue weighted by atomic mass is 35.5. The van der Waals surface area contributed by atoms with Gasteiger partial charge in [-0.3, -0.25) is 0 Å². The van der Waals surface area contributed by atoms with Crippen LogP contribution in [0.5, 0.6) is 0 Å². The average Bonchev–Trinajstić information content (AvgIpc) is 2.54. The van der Waals surface area contributed by atoms with Gasteiger partial charge in [-0.15, -0.1) is 0 Å². The summed E-state index contributed by atoms with van der Waals surface area (Å²) < 4.78 is 1.91. The summed E-state index contributed by atoms with van der Waals surface area (Å²) in [6, 6.07) is 1.95. The highest BCUT2D eigenvalue weighted by molar-refractivity contribution is 6.30. The minimum absolute atomic E-state index is 0.325. The van der Waals surface area contributed by atoms with Crippen molar-refractivity contribution >= 4 is 22.6 Å². The van der Waals surface area contributed by atoms with Gasteiger partial charge in [0.2, 0.25) is 0 Å². The van der Waals surface area contributed by atoms with Gasteiger partial charge in [-0.25, -0.2) is 9.97 Å². The first-order valence-corrected chi connectivity index (χ1v) is 6.32. The van der Waals surface area contributed by atoms with Gasteiger partial charge in [-0.1, -0.05) is 39.3 Å². The molecule has 4 heteroatoms. The summed E-state index contributed by atoms with van der Waals surface area (Å²) in [7, 11) is 1.94. The van der Waals surface area contributed by atoms with E-state index in [1.54, 1.807) is 0 Å². The molecule has 17 heavy (non-hydrogen) atoms. The maximum atomic E-state index is 6.16. The predicted octanol–water partition coefficient (Wildman–Crippen LogP) is 3.87. The fraction of sp³-hybridized carbons (Fsp3) is 0.538. The monoisotopic (exact) mass is 251 g/mol. The third kappa shape index (κ3) is 2.04. The molecule has 0 saturated heterocycles. The molecule has 0 saturated carbocycles. The number of nitrogens with zero attached hydrogens (tertiary/aromatic N) is 3. The molecule has 2 aromatic rings. The lowest BCUT2D eigenvalue weighted by molar-refractivity contribution is 0.737. The van der Waals surface area contributed by atoms with Gasteiger partial charge in [0.25, 0.3) is 0 Å². The molecule has 2 rings (SSSR count). The molecule has 0 spiro atoms. The van der Waals surface area contributed by atoms with E-state index in [9.17, 15) is 0 Å². The van der Waals surface area contributed by atoms with E-state index in [2.05, 4.69) is 37.7 Å². The largest absolute Gasteiger partial charge is 0.319 e. The van der Waals surface area contributed by atoms with Crippen molar-refractivity contribution in [1.82, 2.24) is 14.5 Å². The maximum absolute atomic E-state index is 6.16. The smallest absolute Gasteiger partial charge is 0.144 e. The van der Waals surface area contributed by atoms with Crippen LogP contribution in [0.2, 0.25) is 5.15 Å². The van der Waals surface area contributed by atoms with Crippen molar-refractivity contribution in [2.75, 3.05) is 0 Å². The second kappa shape index (κ2) is 4.30. The normalized spacial score (nSPS) is 12.0. The quantitative estimate of drug-likeness (QED) is 0.811. The van der Waals surface area contributed by atoms with Crippen LogP contribution < -0.4 is 0 Å². The Kier molecular flexibility index (Phi) is 3.13. The first kappa shape index (κ1) is 12.4. The molecule has 0 N–H and O–H groups in total. The van der Waals surface area contributed by atoms with Crippen molar-refractivity contribution in [2.45, 2.75) is 39.5 Å². The van der Waals surface area contributed by atoms with Crippen LogP contribution in [0.4, 0.5) is 0 Å². The zero-order valence-corrected chi connectivity index (χ0v) is 11.7. The second-order valence-corrected chi connectivity index (χ2v) is 5.43. The topological polar surface area (TPSA) is 30.7 Å². The zero-order valence-electron chi connectivity index (χ0n) is 11.0. The minimum Gasteiger partial charge on any atom is -0.319 e. The van der Waals surface area contributed by atoms with Gasteiger partial charge in [-0.05, 0) is 12.0 Å². The lowest BCUT2D eigenvalue weighted by atomic mass is 10.1. The highest BCUT2D eigenvalue weighted by Crippen LogP contribution is 2.28. The fourth-order valence-corrected chi connectivity index (χ4v) is 2.09. The average molecular weight is 252 g/mol. The number of halogens is 1. The van der Waals surface area contributed by atoms with Gasteiger partial charge < -0.3 is 4.57 Å². The van der Waals surface area contributed by atoms with Crippen molar-refractivity contribution in [3.8, 4) is 0 Å². The molecule has 0 unspecified atom stereocenters. The number of fused-ring (bicyclic) bond motifs is 1.